The lowest BCUT2D eigenvalue weighted by Gasteiger charge is -2.23. The molecule has 0 amide bonds. The maximum absolute atomic E-state index is 5.24. The molecule has 0 atom stereocenters. The fraction of sp³-hybridized carbons (Fsp3) is 0.368. The first-order valence-electron chi connectivity index (χ1n) is 8.62. The molecule has 0 unspecified atom stereocenters. The average molecular weight is 354 g/mol. The normalized spacial score (nSPS) is 16.1. The first kappa shape index (κ1) is 16.3. The predicted molar refractivity (Wildman–Crippen MR) is 103 cm³/mol. The Kier molecular flexibility index (Phi) is 4.81. The quantitative estimate of drug-likeness (QED) is 0.718. The number of hydrogen-bond donors (Lipinski definition) is 0. The molecule has 6 heteroatoms. The third-order valence-electron chi connectivity index (χ3n) is 4.69. The number of anilines is 1. The van der Waals surface area contributed by atoms with E-state index in [1.807, 2.05) is 12.1 Å². The Hall–Kier alpha value is -2.18. The topological polar surface area (TPSA) is 41.5 Å². The van der Waals surface area contributed by atoms with E-state index in [1.165, 1.54) is 10.9 Å². The van der Waals surface area contributed by atoms with Crippen molar-refractivity contribution < 1.29 is 4.74 Å². The van der Waals surface area contributed by atoms with Gasteiger partial charge in [-0.1, -0.05) is 12.1 Å². The molecule has 1 fully saturated rings. The van der Waals surface area contributed by atoms with E-state index in [4.69, 9.17) is 4.74 Å². The summed E-state index contributed by atoms with van der Waals surface area (Å²) in [5, 5.41) is 3.27. The van der Waals surface area contributed by atoms with Gasteiger partial charge in [0, 0.05) is 32.7 Å². The highest BCUT2D eigenvalue weighted by Crippen LogP contribution is 2.27. The Balaban J connectivity index is 1.44. The highest BCUT2D eigenvalue weighted by atomic mass is 32.1. The largest absolute Gasteiger partial charge is 0.497 e. The zero-order valence-electron chi connectivity index (χ0n) is 14.4. The number of benzene rings is 1. The lowest BCUT2D eigenvalue weighted by molar-refractivity contribution is 0.285. The Morgan fingerprint density at radius 2 is 1.92 bits per heavy atom. The third-order valence-corrected chi connectivity index (χ3v) is 5.51. The van der Waals surface area contributed by atoms with Crippen molar-refractivity contribution >= 4 is 27.4 Å². The Bertz CT molecular complexity index is 833. The third kappa shape index (κ3) is 3.60. The minimum absolute atomic E-state index is 0.911. The van der Waals surface area contributed by atoms with Crippen LogP contribution in [0.4, 0.5) is 5.82 Å². The molecule has 0 bridgehead atoms. The van der Waals surface area contributed by atoms with E-state index in [-0.39, 0.29) is 0 Å². The van der Waals surface area contributed by atoms with Gasteiger partial charge in [-0.3, -0.25) is 4.90 Å². The van der Waals surface area contributed by atoms with E-state index in [2.05, 4.69) is 43.3 Å². The first-order chi connectivity index (χ1) is 12.3. The SMILES string of the molecule is COc1ccc(CN2CCCN(c3ncnc4sccc34)CC2)cc1. The Labute approximate surface area is 151 Å². The van der Waals surface area contributed by atoms with Gasteiger partial charge in [0.25, 0.3) is 0 Å². The van der Waals surface area contributed by atoms with Gasteiger partial charge in [-0.25, -0.2) is 9.97 Å². The number of methoxy groups -OCH3 is 1. The lowest BCUT2D eigenvalue weighted by Crippen LogP contribution is -2.31. The molecule has 1 aliphatic rings. The number of aromatic nitrogens is 2. The summed E-state index contributed by atoms with van der Waals surface area (Å²) in [6.45, 7) is 5.18. The van der Waals surface area contributed by atoms with Crippen LogP contribution >= 0.6 is 11.3 Å². The monoisotopic (exact) mass is 354 g/mol. The van der Waals surface area contributed by atoms with Gasteiger partial charge in [-0.05, 0) is 35.6 Å². The average Bonchev–Trinajstić information content (AvgIpc) is 3.02. The molecule has 1 aliphatic heterocycles. The molecule has 1 saturated heterocycles. The van der Waals surface area contributed by atoms with Gasteiger partial charge in [0.2, 0.25) is 0 Å². The van der Waals surface area contributed by atoms with E-state index >= 15 is 0 Å². The molecule has 25 heavy (non-hydrogen) atoms. The van der Waals surface area contributed by atoms with E-state index in [9.17, 15) is 0 Å². The van der Waals surface area contributed by atoms with Crippen LogP contribution in [0.25, 0.3) is 10.2 Å². The van der Waals surface area contributed by atoms with Crippen molar-refractivity contribution in [1.82, 2.24) is 14.9 Å². The van der Waals surface area contributed by atoms with E-state index in [0.29, 0.717) is 0 Å². The summed E-state index contributed by atoms with van der Waals surface area (Å²) >= 11 is 1.68. The molecule has 0 radical (unpaired) electrons. The second kappa shape index (κ2) is 7.37. The number of thiophene rings is 1. The molecule has 5 nitrogen and oxygen atoms in total. The highest BCUT2D eigenvalue weighted by molar-refractivity contribution is 7.16. The minimum atomic E-state index is 0.911. The van der Waals surface area contributed by atoms with Gasteiger partial charge >= 0.3 is 0 Å². The van der Waals surface area contributed by atoms with Crippen molar-refractivity contribution in [2.24, 2.45) is 0 Å². The van der Waals surface area contributed by atoms with Gasteiger partial charge in [-0.15, -0.1) is 11.3 Å². The van der Waals surface area contributed by atoms with Crippen molar-refractivity contribution in [3.63, 3.8) is 0 Å². The molecule has 0 spiro atoms. The van der Waals surface area contributed by atoms with Gasteiger partial charge in [0.05, 0.1) is 12.5 Å². The van der Waals surface area contributed by atoms with Crippen LogP contribution in [-0.4, -0.2) is 48.2 Å². The van der Waals surface area contributed by atoms with Gasteiger partial charge in [0.1, 0.15) is 22.7 Å². The minimum Gasteiger partial charge on any atom is -0.497 e. The van der Waals surface area contributed by atoms with Crippen LogP contribution < -0.4 is 9.64 Å². The van der Waals surface area contributed by atoms with Crippen LogP contribution in [-0.2, 0) is 6.54 Å². The first-order valence-corrected chi connectivity index (χ1v) is 9.50. The van der Waals surface area contributed by atoms with E-state index < -0.39 is 0 Å². The standard InChI is InChI=1S/C19H22N4OS/c1-24-16-5-3-15(4-6-16)13-22-8-2-9-23(11-10-22)18-17-7-12-25-19(17)21-14-20-18/h3-7,12,14H,2,8-11,13H2,1H3. The van der Waals surface area contributed by atoms with Crippen LogP contribution in [0.2, 0.25) is 0 Å². The summed E-state index contributed by atoms with van der Waals surface area (Å²) in [5.74, 6) is 1.99. The van der Waals surface area contributed by atoms with Crippen molar-refractivity contribution in [3.8, 4) is 5.75 Å². The zero-order valence-corrected chi connectivity index (χ0v) is 15.2. The predicted octanol–water partition coefficient (Wildman–Crippen LogP) is 3.41. The smallest absolute Gasteiger partial charge is 0.140 e. The number of nitrogens with zero attached hydrogens (tertiary/aromatic N) is 4. The number of ether oxygens (including phenoxy) is 1. The maximum atomic E-state index is 5.24. The summed E-state index contributed by atoms with van der Waals surface area (Å²) in [5.41, 5.74) is 1.33. The molecule has 3 aromatic rings. The van der Waals surface area contributed by atoms with Crippen LogP contribution in [0.5, 0.6) is 5.75 Å². The second-order valence-electron chi connectivity index (χ2n) is 6.30. The fourth-order valence-corrected chi connectivity index (χ4v) is 4.09. The molecule has 3 heterocycles. The van der Waals surface area contributed by atoms with Crippen molar-refractivity contribution in [2.45, 2.75) is 13.0 Å². The molecule has 4 rings (SSSR count). The summed E-state index contributed by atoms with van der Waals surface area (Å²) < 4.78 is 5.24. The molecule has 130 valence electrons. The maximum Gasteiger partial charge on any atom is 0.140 e. The Morgan fingerprint density at radius 1 is 1.04 bits per heavy atom. The number of fused-ring (bicyclic) bond motifs is 1. The van der Waals surface area contributed by atoms with E-state index in [0.717, 1.165) is 55.5 Å². The fourth-order valence-electron chi connectivity index (χ4n) is 3.36. The highest BCUT2D eigenvalue weighted by Gasteiger charge is 2.18. The summed E-state index contributed by atoms with van der Waals surface area (Å²) in [6.07, 6.45) is 2.83. The van der Waals surface area contributed by atoms with Gasteiger partial charge < -0.3 is 9.64 Å². The van der Waals surface area contributed by atoms with Crippen molar-refractivity contribution in [1.29, 1.82) is 0 Å². The van der Waals surface area contributed by atoms with Gasteiger partial charge in [0.15, 0.2) is 0 Å². The Morgan fingerprint density at radius 3 is 2.76 bits per heavy atom. The number of hydrogen-bond acceptors (Lipinski definition) is 6. The molecule has 0 N–H and O–H groups in total. The summed E-state index contributed by atoms with van der Waals surface area (Å²) in [7, 11) is 1.70. The number of rotatable bonds is 4. The van der Waals surface area contributed by atoms with Gasteiger partial charge in [-0.2, -0.15) is 0 Å². The van der Waals surface area contributed by atoms with Crippen LogP contribution in [0, 0.1) is 0 Å². The molecule has 0 saturated carbocycles. The molecule has 0 aliphatic carbocycles. The molecular formula is C19H22N4OS. The van der Waals surface area contributed by atoms with Crippen LogP contribution in [0.15, 0.2) is 42.0 Å². The molecule has 2 aromatic heterocycles. The molecule has 1 aromatic carbocycles. The second-order valence-corrected chi connectivity index (χ2v) is 7.20. The summed E-state index contributed by atoms with van der Waals surface area (Å²) in [4.78, 5) is 14.9. The van der Waals surface area contributed by atoms with Crippen molar-refractivity contribution in [3.05, 3.63) is 47.6 Å². The molecular weight excluding hydrogens is 332 g/mol. The van der Waals surface area contributed by atoms with Crippen molar-refractivity contribution in [2.75, 3.05) is 38.2 Å². The van der Waals surface area contributed by atoms with Crippen LogP contribution in [0.1, 0.15) is 12.0 Å². The van der Waals surface area contributed by atoms with E-state index in [1.54, 1.807) is 24.8 Å². The lowest BCUT2D eigenvalue weighted by atomic mass is 10.2. The van der Waals surface area contributed by atoms with Crippen LogP contribution in [0.3, 0.4) is 0 Å². The summed E-state index contributed by atoms with van der Waals surface area (Å²) in [6, 6.07) is 10.5. The zero-order chi connectivity index (χ0) is 17.1.